The van der Waals surface area contributed by atoms with Gasteiger partial charge in [-0.3, -0.25) is 9.48 Å². The summed E-state index contributed by atoms with van der Waals surface area (Å²) in [5.74, 6) is 1.46. The SMILES string of the molecule is C#Cc1cc(CC(=O)N2CCn3ncc(-c4ccc(F)cc4)c3C2)ccc1F. The smallest absolute Gasteiger partial charge is 0.227 e. The molecular formula is C22H17F2N3O. The van der Waals surface area contributed by atoms with E-state index in [1.807, 2.05) is 4.68 Å². The molecule has 1 aromatic heterocycles. The second-order valence-corrected chi connectivity index (χ2v) is 6.69. The van der Waals surface area contributed by atoms with E-state index in [1.54, 1.807) is 29.3 Å². The fourth-order valence-corrected chi connectivity index (χ4v) is 3.41. The molecule has 6 heteroatoms. The number of nitrogens with zero attached hydrogens (tertiary/aromatic N) is 3. The molecule has 1 amide bonds. The minimum atomic E-state index is -0.468. The summed E-state index contributed by atoms with van der Waals surface area (Å²) in [6.45, 7) is 1.54. The molecule has 0 saturated carbocycles. The lowest BCUT2D eigenvalue weighted by atomic mass is 10.0. The zero-order valence-corrected chi connectivity index (χ0v) is 15.0. The van der Waals surface area contributed by atoms with Crippen molar-refractivity contribution in [3.05, 3.63) is 77.1 Å². The standard InChI is InChI=1S/C22H17F2N3O/c1-2-16-11-15(3-8-20(16)24)12-22(28)26-9-10-27-21(14-26)19(13-25-27)17-4-6-18(23)7-5-17/h1,3-8,11,13H,9-10,12,14H2. The molecule has 0 N–H and O–H groups in total. The topological polar surface area (TPSA) is 38.1 Å². The third-order valence-corrected chi connectivity index (χ3v) is 4.92. The van der Waals surface area contributed by atoms with E-state index in [4.69, 9.17) is 6.42 Å². The molecule has 28 heavy (non-hydrogen) atoms. The number of hydrogen-bond donors (Lipinski definition) is 0. The number of benzene rings is 2. The Kier molecular flexibility index (Phi) is 4.66. The van der Waals surface area contributed by atoms with Gasteiger partial charge in [0.25, 0.3) is 0 Å². The number of fused-ring (bicyclic) bond motifs is 1. The van der Waals surface area contributed by atoms with Gasteiger partial charge in [-0.25, -0.2) is 8.78 Å². The van der Waals surface area contributed by atoms with Crippen LogP contribution in [0, 0.1) is 24.0 Å². The molecule has 0 saturated heterocycles. The van der Waals surface area contributed by atoms with E-state index in [2.05, 4.69) is 11.0 Å². The van der Waals surface area contributed by atoms with Gasteiger partial charge in [0.05, 0.1) is 37.0 Å². The Morgan fingerprint density at radius 3 is 2.68 bits per heavy atom. The highest BCUT2D eigenvalue weighted by Gasteiger charge is 2.24. The van der Waals surface area contributed by atoms with Gasteiger partial charge in [0.2, 0.25) is 5.91 Å². The minimum absolute atomic E-state index is 0.0629. The lowest BCUT2D eigenvalue weighted by molar-refractivity contribution is -0.131. The summed E-state index contributed by atoms with van der Waals surface area (Å²) in [6.07, 6.45) is 7.19. The molecule has 0 aliphatic carbocycles. The maximum atomic E-state index is 13.6. The molecule has 2 aromatic carbocycles. The van der Waals surface area contributed by atoms with E-state index < -0.39 is 5.82 Å². The number of hydrogen-bond acceptors (Lipinski definition) is 2. The van der Waals surface area contributed by atoms with E-state index in [0.29, 0.717) is 25.2 Å². The summed E-state index contributed by atoms with van der Waals surface area (Å²) in [6, 6.07) is 10.6. The Morgan fingerprint density at radius 1 is 1.14 bits per heavy atom. The summed E-state index contributed by atoms with van der Waals surface area (Å²) in [5.41, 5.74) is 3.48. The third kappa shape index (κ3) is 3.39. The Bertz CT molecular complexity index is 1080. The first kappa shape index (κ1) is 17.9. The van der Waals surface area contributed by atoms with Crippen LogP contribution in [0.25, 0.3) is 11.1 Å². The largest absolute Gasteiger partial charge is 0.335 e. The number of amides is 1. The number of halogens is 2. The van der Waals surface area contributed by atoms with Gasteiger partial charge in [-0.2, -0.15) is 5.10 Å². The molecule has 0 bridgehead atoms. The fraction of sp³-hybridized carbons (Fsp3) is 0.182. The predicted octanol–water partition coefficient (Wildman–Crippen LogP) is 3.39. The Balaban J connectivity index is 1.54. The highest BCUT2D eigenvalue weighted by Crippen LogP contribution is 2.27. The van der Waals surface area contributed by atoms with Crippen LogP contribution < -0.4 is 0 Å². The monoisotopic (exact) mass is 377 g/mol. The van der Waals surface area contributed by atoms with Gasteiger partial charge in [-0.05, 0) is 35.4 Å². The molecular weight excluding hydrogens is 360 g/mol. The van der Waals surface area contributed by atoms with Crippen molar-refractivity contribution in [2.45, 2.75) is 19.5 Å². The maximum absolute atomic E-state index is 13.6. The van der Waals surface area contributed by atoms with Gasteiger partial charge in [-0.15, -0.1) is 6.42 Å². The first-order valence-corrected chi connectivity index (χ1v) is 8.88. The summed E-state index contributed by atoms with van der Waals surface area (Å²) in [7, 11) is 0. The first-order valence-electron chi connectivity index (χ1n) is 8.88. The van der Waals surface area contributed by atoms with Crippen molar-refractivity contribution in [2.24, 2.45) is 0 Å². The number of aromatic nitrogens is 2. The zero-order chi connectivity index (χ0) is 19.7. The zero-order valence-electron chi connectivity index (χ0n) is 15.0. The molecule has 0 atom stereocenters. The molecule has 3 aromatic rings. The van der Waals surface area contributed by atoms with Crippen LogP contribution >= 0.6 is 0 Å². The van der Waals surface area contributed by atoms with E-state index in [1.165, 1.54) is 24.3 Å². The van der Waals surface area contributed by atoms with Gasteiger partial charge in [0.1, 0.15) is 11.6 Å². The molecule has 0 unspecified atom stereocenters. The lowest BCUT2D eigenvalue weighted by Gasteiger charge is -2.28. The van der Waals surface area contributed by atoms with E-state index in [0.717, 1.165) is 16.8 Å². The van der Waals surface area contributed by atoms with Crippen LogP contribution in [0.3, 0.4) is 0 Å². The summed E-state index contributed by atoms with van der Waals surface area (Å²) in [5, 5.41) is 4.39. The van der Waals surface area contributed by atoms with Crippen LogP contribution in [-0.2, 0) is 24.3 Å². The second kappa shape index (κ2) is 7.28. The van der Waals surface area contributed by atoms with Crippen molar-refractivity contribution in [1.82, 2.24) is 14.7 Å². The van der Waals surface area contributed by atoms with E-state index in [-0.39, 0.29) is 23.7 Å². The van der Waals surface area contributed by atoms with Gasteiger partial charge < -0.3 is 4.90 Å². The molecule has 4 rings (SSSR count). The number of carbonyl (C=O) groups excluding carboxylic acids is 1. The van der Waals surface area contributed by atoms with Gasteiger partial charge in [0.15, 0.2) is 0 Å². The Hall–Kier alpha value is -3.46. The Labute approximate surface area is 161 Å². The van der Waals surface area contributed by atoms with E-state index >= 15 is 0 Å². The lowest BCUT2D eigenvalue weighted by Crippen LogP contribution is -2.39. The predicted molar refractivity (Wildman–Crippen MR) is 101 cm³/mol. The molecule has 1 aliphatic rings. The average Bonchev–Trinajstić information content (AvgIpc) is 3.13. The van der Waals surface area contributed by atoms with Crippen molar-refractivity contribution >= 4 is 5.91 Å². The molecule has 1 aliphatic heterocycles. The number of terminal acetylenes is 1. The van der Waals surface area contributed by atoms with Crippen molar-refractivity contribution in [1.29, 1.82) is 0 Å². The van der Waals surface area contributed by atoms with Crippen LogP contribution in [0.4, 0.5) is 8.78 Å². The van der Waals surface area contributed by atoms with Crippen LogP contribution in [0.15, 0.2) is 48.7 Å². The Morgan fingerprint density at radius 2 is 1.93 bits per heavy atom. The van der Waals surface area contributed by atoms with Crippen molar-refractivity contribution in [3.8, 4) is 23.5 Å². The van der Waals surface area contributed by atoms with Crippen LogP contribution in [-0.4, -0.2) is 27.1 Å². The van der Waals surface area contributed by atoms with Gasteiger partial charge in [-0.1, -0.05) is 24.1 Å². The molecule has 140 valence electrons. The van der Waals surface area contributed by atoms with Crippen LogP contribution in [0.1, 0.15) is 16.8 Å². The highest BCUT2D eigenvalue weighted by atomic mass is 19.1. The molecule has 4 nitrogen and oxygen atoms in total. The van der Waals surface area contributed by atoms with Crippen molar-refractivity contribution in [3.63, 3.8) is 0 Å². The minimum Gasteiger partial charge on any atom is -0.335 e. The van der Waals surface area contributed by atoms with Crippen LogP contribution in [0.5, 0.6) is 0 Å². The van der Waals surface area contributed by atoms with Gasteiger partial charge >= 0.3 is 0 Å². The molecule has 0 radical (unpaired) electrons. The second-order valence-electron chi connectivity index (χ2n) is 6.69. The fourth-order valence-electron chi connectivity index (χ4n) is 3.41. The summed E-state index contributed by atoms with van der Waals surface area (Å²) < 4.78 is 28.6. The average molecular weight is 377 g/mol. The highest BCUT2D eigenvalue weighted by molar-refractivity contribution is 5.79. The van der Waals surface area contributed by atoms with E-state index in [9.17, 15) is 13.6 Å². The van der Waals surface area contributed by atoms with Crippen molar-refractivity contribution in [2.75, 3.05) is 6.54 Å². The molecule has 0 fully saturated rings. The number of carbonyl (C=O) groups is 1. The molecule has 0 spiro atoms. The summed E-state index contributed by atoms with van der Waals surface area (Å²) in [4.78, 5) is 14.5. The van der Waals surface area contributed by atoms with Crippen LogP contribution in [0.2, 0.25) is 0 Å². The third-order valence-electron chi connectivity index (χ3n) is 4.92. The van der Waals surface area contributed by atoms with Gasteiger partial charge in [0, 0.05) is 12.1 Å². The first-order chi connectivity index (χ1) is 13.5. The normalized spacial score (nSPS) is 13.1. The molecule has 2 heterocycles. The quantitative estimate of drug-likeness (QED) is 0.657. The van der Waals surface area contributed by atoms with Crippen molar-refractivity contribution < 1.29 is 13.6 Å². The maximum Gasteiger partial charge on any atom is 0.227 e. The number of rotatable bonds is 3. The summed E-state index contributed by atoms with van der Waals surface area (Å²) >= 11 is 0.